The number of hydrogen-bond donors (Lipinski definition) is 4. The normalized spacial score (nSPS) is 34.7. The minimum absolute atomic E-state index is 0.217. The van der Waals surface area contributed by atoms with Crippen molar-refractivity contribution < 1.29 is 44.2 Å². The van der Waals surface area contributed by atoms with E-state index < -0.39 is 49.6 Å². The highest BCUT2D eigenvalue weighted by atomic mass is 16.7. The summed E-state index contributed by atoms with van der Waals surface area (Å²) in [7, 11) is 0. The van der Waals surface area contributed by atoms with Crippen molar-refractivity contribution in [1.29, 1.82) is 0 Å². The molecule has 4 N–H and O–H groups in total. The molecule has 4 rings (SSSR count). The Bertz CT molecular complexity index is 806. The van der Waals surface area contributed by atoms with Gasteiger partial charge < -0.3 is 39.4 Å². The molecule has 10 heteroatoms. The molecule has 3 aliphatic heterocycles. The van der Waals surface area contributed by atoms with Crippen molar-refractivity contribution >= 4 is 17.4 Å². The lowest BCUT2D eigenvalue weighted by Gasteiger charge is -2.39. The first-order valence-corrected chi connectivity index (χ1v) is 8.21. The van der Waals surface area contributed by atoms with Crippen LogP contribution in [0.3, 0.4) is 0 Å². The van der Waals surface area contributed by atoms with Gasteiger partial charge in [-0.25, -0.2) is 9.79 Å². The van der Waals surface area contributed by atoms with E-state index >= 15 is 0 Å². The number of esters is 1. The lowest BCUT2D eigenvalue weighted by atomic mass is 9.99. The Labute approximate surface area is 152 Å². The van der Waals surface area contributed by atoms with Crippen molar-refractivity contribution in [3.63, 3.8) is 0 Å². The predicted molar refractivity (Wildman–Crippen MR) is 87.6 cm³/mol. The molecule has 0 aromatic heterocycles. The zero-order valence-corrected chi connectivity index (χ0v) is 13.8. The van der Waals surface area contributed by atoms with E-state index in [2.05, 4.69) is 4.99 Å². The summed E-state index contributed by atoms with van der Waals surface area (Å²) in [6, 6.07) is 4.61. The van der Waals surface area contributed by atoms with E-state index in [0.29, 0.717) is 11.4 Å². The van der Waals surface area contributed by atoms with Crippen molar-refractivity contribution in [3.05, 3.63) is 30.4 Å². The van der Waals surface area contributed by atoms with Crippen molar-refractivity contribution in [3.8, 4) is 11.5 Å². The van der Waals surface area contributed by atoms with E-state index in [-0.39, 0.29) is 11.5 Å². The number of rotatable bonds is 3. The number of carbonyl (C=O) groups is 1. The Hall–Kier alpha value is -2.50. The number of hydrogen-bond acceptors (Lipinski definition) is 10. The highest BCUT2D eigenvalue weighted by Crippen LogP contribution is 2.37. The van der Waals surface area contributed by atoms with Crippen LogP contribution in [0.25, 0.3) is 0 Å². The Balaban J connectivity index is 1.54. The average molecular weight is 379 g/mol. The monoisotopic (exact) mass is 379 g/mol. The molecule has 3 heterocycles. The summed E-state index contributed by atoms with van der Waals surface area (Å²) in [4.78, 5) is 15.7. The third kappa shape index (κ3) is 3.29. The molecule has 3 aliphatic rings. The largest absolute Gasteiger partial charge is 0.462 e. The van der Waals surface area contributed by atoms with E-state index in [1.165, 1.54) is 18.2 Å². The molecular weight excluding hydrogens is 362 g/mol. The van der Waals surface area contributed by atoms with Crippen molar-refractivity contribution in [2.45, 2.75) is 37.0 Å². The second-order valence-electron chi connectivity index (χ2n) is 6.20. The quantitative estimate of drug-likeness (QED) is 0.474. The van der Waals surface area contributed by atoms with Crippen LogP contribution < -0.4 is 9.47 Å². The molecule has 1 fully saturated rings. The molecule has 0 bridgehead atoms. The summed E-state index contributed by atoms with van der Waals surface area (Å²) in [5.41, 5.74) is 0.940. The topological polar surface area (TPSA) is 147 Å². The lowest BCUT2D eigenvalue weighted by molar-refractivity contribution is -0.277. The van der Waals surface area contributed by atoms with E-state index in [9.17, 15) is 25.2 Å². The molecule has 0 aliphatic carbocycles. The Kier molecular flexibility index (Phi) is 4.58. The number of aliphatic hydroxyl groups is 4. The summed E-state index contributed by atoms with van der Waals surface area (Å²) in [5.74, 6) is -0.0422. The predicted octanol–water partition coefficient (Wildman–Crippen LogP) is -1.23. The van der Waals surface area contributed by atoms with Gasteiger partial charge in [-0.15, -0.1) is 0 Å². The minimum atomic E-state index is -1.55. The van der Waals surface area contributed by atoms with Crippen LogP contribution in [0.2, 0.25) is 0 Å². The molecule has 1 aromatic carbocycles. The maximum Gasteiger partial charge on any atom is 0.334 e. The molecule has 144 valence electrons. The first kappa shape index (κ1) is 17.9. The van der Waals surface area contributed by atoms with Gasteiger partial charge in [0.05, 0.1) is 6.61 Å². The first-order chi connectivity index (χ1) is 13.0. The van der Waals surface area contributed by atoms with Gasteiger partial charge in [0.25, 0.3) is 6.29 Å². The fraction of sp³-hybridized carbons (Fsp3) is 0.412. The fourth-order valence-corrected chi connectivity index (χ4v) is 2.92. The van der Waals surface area contributed by atoms with Gasteiger partial charge in [0.1, 0.15) is 41.6 Å². The van der Waals surface area contributed by atoms with Crippen LogP contribution >= 0.6 is 0 Å². The van der Waals surface area contributed by atoms with Gasteiger partial charge in [0.15, 0.2) is 5.75 Å². The molecule has 0 radical (unpaired) electrons. The molecule has 0 spiro atoms. The van der Waals surface area contributed by atoms with Crippen LogP contribution in [0.15, 0.2) is 35.3 Å². The number of nitrogens with zero attached hydrogens (tertiary/aromatic N) is 1. The van der Waals surface area contributed by atoms with Crippen molar-refractivity contribution in [2.75, 3.05) is 6.61 Å². The summed E-state index contributed by atoms with van der Waals surface area (Å²) >= 11 is 0. The Morgan fingerprint density at radius 3 is 2.67 bits per heavy atom. The van der Waals surface area contributed by atoms with Crippen LogP contribution in [-0.4, -0.2) is 75.7 Å². The third-order valence-corrected chi connectivity index (χ3v) is 4.37. The maximum absolute atomic E-state index is 11.3. The molecule has 1 saturated heterocycles. The number of aliphatic imine (C=N–C) groups is 1. The highest BCUT2D eigenvalue weighted by molar-refractivity contribution is 6.07. The molecule has 6 atom stereocenters. The van der Waals surface area contributed by atoms with Gasteiger partial charge in [-0.05, 0) is 18.2 Å². The standard InChI is InChI=1S/C17H17NO9/c19-6-11-13(21)14(22)15(23)17(26-11)24-7-1-2-8-10(5-7)25-16-9(18-8)3-4-12(20)27-16/h1-5,11,13-17,19,21-23H,6H2. The molecule has 0 amide bonds. The Morgan fingerprint density at radius 2 is 1.89 bits per heavy atom. The van der Waals surface area contributed by atoms with Crippen molar-refractivity contribution in [2.24, 2.45) is 4.99 Å². The van der Waals surface area contributed by atoms with Gasteiger partial charge in [-0.1, -0.05) is 0 Å². The Morgan fingerprint density at radius 1 is 1.07 bits per heavy atom. The zero-order chi connectivity index (χ0) is 19.1. The SMILES string of the molecule is O=C1C=CC2=Nc3ccc(OC4OC(CO)C(O)C(O)C4O)cc3OC2O1. The van der Waals surface area contributed by atoms with Gasteiger partial charge in [-0.2, -0.15) is 0 Å². The lowest BCUT2D eigenvalue weighted by Crippen LogP contribution is -2.60. The summed E-state index contributed by atoms with van der Waals surface area (Å²) in [6.45, 7) is -0.559. The van der Waals surface area contributed by atoms with Crippen LogP contribution in [-0.2, 0) is 14.3 Å². The number of ether oxygens (including phenoxy) is 4. The van der Waals surface area contributed by atoms with Gasteiger partial charge in [0, 0.05) is 12.1 Å². The minimum Gasteiger partial charge on any atom is -0.462 e. The van der Waals surface area contributed by atoms with Gasteiger partial charge in [-0.3, -0.25) is 0 Å². The number of aliphatic hydroxyl groups excluding tert-OH is 4. The van der Waals surface area contributed by atoms with Crippen LogP contribution in [0.4, 0.5) is 5.69 Å². The van der Waals surface area contributed by atoms with E-state index in [1.54, 1.807) is 12.1 Å². The van der Waals surface area contributed by atoms with Crippen LogP contribution in [0, 0.1) is 0 Å². The molecule has 10 nitrogen and oxygen atoms in total. The van der Waals surface area contributed by atoms with Gasteiger partial charge >= 0.3 is 5.97 Å². The van der Waals surface area contributed by atoms with E-state index in [0.717, 1.165) is 0 Å². The number of fused-ring (bicyclic) bond motifs is 2. The molecule has 6 unspecified atom stereocenters. The third-order valence-electron chi connectivity index (χ3n) is 4.37. The number of carbonyl (C=O) groups excluding carboxylic acids is 1. The highest BCUT2D eigenvalue weighted by Gasteiger charge is 2.44. The van der Waals surface area contributed by atoms with Crippen molar-refractivity contribution in [1.82, 2.24) is 0 Å². The molecule has 27 heavy (non-hydrogen) atoms. The second kappa shape index (κ2) is 6.91. The summed E-state index contributed by atoms with van der Waals surface area (Å²) < 4.78 is 21.5. The second-order valence-corrected chi connectivity index (χ2v) is 6.20. The smallest absolute Gasteiger partial charge is 0.334 e. The van der Waals surface area contributed by atoms with E-state index in [4.69, 9.17) is 18.9 Å². The molecule has 0 saturated carbocycles. The van der Waals surface area contributed by atoms with Crippen LogP contribution in [0.5, 0.6) is 11.5 Å². The van der Waals surface area contributed by atoms with Gasteiger partial charge in [0.2, 0.25) is 6.29 Å². The molecule has 1 aromatic rings. The zero-order valence-electron chi connectivity index (χ0n) is 13.8. The van der Waals surface area contributed by atoms with Crippen LogP contribution in [0.1, 0.15) is 0 Å². The number of benzene rings is 1. The molecular formula is C17H17NO9. The fourth-order valence-electron chi connectivity index (χ4n) is 2.92. The first-order valence-electron chi connectivity index (χ1n) is 8.21. The average Bonchev–Trinajstić information content (AvgIpc) is 2.66. The van der Waals surface area contributed by atoms with E-state index in [1.807, 2.05) is 0 Å². The summed E-state index contributed by atoms with van der Waals surface area (Å²) in [5, 5.41) is 38.9. The maximum atomic E-state index is 11.3. The summed E-state index contributed by atoms with van der Waals surface area (Å²) in [6.07, 6.45) is -5.15.